The van der Waals surface area contributed by atoms with Crippen LogP contribution in [0.2, 0.25) is 0 Å². The van der Waals surface area contributed by atoms with Gasteiger partial charge in [-0.15, -0.1) is 0 Å². The van der Waals surface area contributed by atoms with Gasteiger partial charge in [-0.2, -0.15) is 0 Å². The molecule has 0 aromatic heterocycles. The maximum Gasteiger partial charge on any atom is 0.469 e. The van der Waals surface area contributed by atoms with Crippen LogP contribution in [0.1, 0.15) is 29.2 Å². The Kier molecular flexibility index (Phi) is 4.64. The van der Waals surface area contributed by atoms with Gasteiger partial charge in [-0.05, 0) is 19.4 Å². The second kappa shape index (κ2) is 5.93. The molecule has 0 amide bonds. The van der Waals surface area contributed by atoms with Crippen LogP contribution in [-0.2, 0) is 13.8 Å². The van der Waals surface area contributed by atoms with E-state index in [4.69, 9.17) is 19.0 Å². The Balaban J connectivity index is 2.17. The predicted octanol–water partition coefficient (Wildman–Crippen LogP) is 1.60. The third-order valence-corrected chi connectivity index (χ3v) is 3.81. The fraction of sp³-hybridized carbons (Fsp3) is 0.538. The van der Waals surface area contributed by atoms with E-state index in [1.807, 2.05) is 32.0 Å². The molecule has 1 saturated heterocycles. The average Bonchev–Trinajstić information content (AvgIpc) is 2.68. The molecular formula is C13H19O6P. The van der Waals surface area contributed by atoms with E-state index in [-0.39, 0.29) is 12.7 Å². The van der Waals surface area contributed by atoms with Crippen molar-refractivity contribution in [1.29, 1.82) is 0 Å². The van der Waals surface area contributed by atoms with Crippen LogP contribution in [0.4, 0.5) is 0 Å². The number of aliphatic hydroxyl groups excluding tert-OH is 1. The lowest BCUT2D eigenvalue weighted by Crippen LogP contribution is -2.26. The predicted molar refractivity (Wildman–Crippen MR) is 72.1 cm³/mol. The summed E-state index contributed by atoms with van der Waals surface area (Å²) in [7, 11) is -4.59. The van der Waals surface area contributed by atoms with E-state index in [9.17, 15) is 9.67 Å². The van der Waals surface area contributed by atoms with Gasteiger partial charge in [0.25, 0.3) is 0 Å². The summed E-state index contributed by atoms with van der Waals surface area (Å²) in [6, 6.07) is 5.96. The van der Waals surface area contributed by atoms with Crippen molar-refractivity contribution in [1.82, 2.24) is 0 Å². The molecule has 1 aromatic rings. The highest BCUT2D eigenvalue weighted by Gasteiger charge is 2.40. The van der Waals surface area contributed by atoms with Crippen molar-refractivity contribution in [3.63, 3.8) is 0 Å². The zero-order valence-electron chi connectivity index (χ0n) is 11.4. The Morgan fingerprint density at radius 3 is 2.40 bits per heavy atom. The maximum atomic E-state index is 10.9. The van der Waals surface area contributed by atoms with Crippen molar-refractivity contribution in [3.05, 3.63) is 34.9 Å². The van der Waals surface area contributed by atoms with Crippen molar-refractivity contribution < 1.29 is 28.7 Å². The van der Waals surface area contributed by atoms with Crippen molar-refractivity contribution in [2.75, 3.05) is 6.61 Å². The Bertz CT molecular complexity index is 505. The average molecular weight is 302 g/mol. The van der Waals surface area contributed by atoms with E-state index in [1.54, 1.807) is 0 Å². The van der Waals surface area contributed by atoms with Gasteiger partial charge < -0.3 is 19.6 Å². The van der Waals surface area contributed by atoms with Gasteiger partial charge >= 0.3 is 7.82 Å². The number of phosphoric ester groups is 1. The summed E-state index contributed by atoms with van der Waals surface area (Å²) in [4.78, 5) is 17.8. The van der Waals surface area contributed by atoms with Gasteiger partial charge in [-0.1, -0.05) is 29.3 Å². The van der Waals surface area contributed by atoms with E-state index < -0.39 is 20.0 Å². The zero-order chi connectivity index (χ0) is 14.9. The molecule has 1 aliphatic rings. The molecule has 0 radical (unpaired) electrons. The zero-order valence-corrected chi connectivity index (χ0v) is 12.3. The van der Waals surface area contributed by atoms with E-state index in [0.29, 0.717) is 6.42 Å². The fourth-order valence-corrected chi connectivity index (χ4v) is 3.15. The Morgan fingerprint density at radius 1 is 1.30 bits per heavy atom. The third-order valence-electron chi connectivity index (χ3n) is 3.27. The molecule has 112 valence electrons. The molecule has 0 spiro atoms. The topological polar surface area (TPSA) is 96.2 Å². The van der Waals surface area contributed by atoms with Crippen LogP contribution in [0.15, 0.2) is 18.2 Å². The van der Waals surface area contributed by atoms with Crippen molar-refractivity contribution in [2.45, 2.75) is 38.6 Å². The van der Waals surface area contributed by atoms with Crippen LogP contribution < -0.4 is 0 Å². The van der Waals surface area contributed by atoms with Crippen molar-refractivity contribution >= 4 is 7.82 Å². The van der Waals surface area contributed by atoms with Gasteiger partial charge in [0.15, 0.2) is 0 Å². The Labute approximate surface area is 117 Å². The number of hydrogen-bond donors (Lipinski definition) is 3. The molecule has 3 atom stereocenters. The molecule has 1 heterocycles. The molecule has 1 fully saturated rings. The smallest absolute Gasteiger partial charge is 0.394 e. The number of rotatable bonds is 4. The van der Waals surface area contributed by atoms with Gasteiger partial charge in [-0.25, -0.2) is 4.57 Å². The van der Waals surface area contributed by atoms with Gasteiger partial charge in [0, 0.05) is 6.42 Å². The molecule has 1 aliphatic heterocycles. The number of phosphoric acid groups is 1. The molecule has 0 aliphatic carbocycles. The first kappa shape index (κ1) is 15.6. The highest BCUT2D eigenvalue weighted by molar-refractivity contribution is 7.46. The van der Waals surface area contributed by atoms with Gasteiger partial charge in [0.2, 0.25) is 0 Å². The van der Waals surface area contributed by atoms with Crippen LogP contribution in [-0.4, -0.2) is 33.7 Å². The summed E-state index contributed by atoms with van der Waals surface area (Å²) in [5.74, 6) is 0. The fourth-order valence-electron chi connectivity index (χ4n) is 2.58. The Hall–Kier alpha value is -0.750. The largest absolute Gasteiger partial charge is 0.469 e. The molecule has 20 heavy (non-hydrogen) atoms. The van der Waals surface area contributed by atoms with E-state index in [0.717, 1.165) is 16.7 Å². The Morgan fingerprint density at radius 2 is 1.90 bits per heavy atom. The minimum absolute atomic E-state index is 0.305. The summed E-state index contributed by atoms with van der Waals surface area (Å²) in [6.45, 7) is 3.60. The highest BCUT2D eigenvalue weighted by Crippen LogP contribution is 2.44. The summed E-state index contributed by atoms with van der Waals surface area (Å²) in [5, 5.41) is 9.25. The van der Waals surface area contributed by atoms with Gasteiger partial charge in [0.1, 0.15) is 12.2 Å². The molecule has 0 bridgehead atoms. The second-order valence-corrected chi connectivity index (χ2v) is 6.33. The maximum absolute atomic E-state index is 10.9. The lowest BCUT2D eigenvalue weighted by Gasteiger charge is -2.16. The van der Waals surface area contributed by atoms with E-state index in [1.165, 1.54) is 0 Å². The molecule has 2 rings (SSSR count). The first-order valence-electron chi connectivity index (χ1n) is 6.37. The molecule has 6 nitrogen and oxygen atoms in total. The molecule has 3 N–H and O–H groups in total. The highest BCUT2D eigenvalue weighted by atomic mass is 31.2. The van der Waals surface area contributed by atoms with Crippen LogP contribution >= 0.6 is 7.82 Å². The lowest BCUT2D eigenvalue weighted by molar-refractivity contribution is -0.0221. The number of aliphatic hydroxyl groups is 1. The van der Waals surface area contributed by atoms with E-state index >= 15 is 0 Å². The minimum Gasteiger partial charge on any atom is -0.394 e. The quantitative estimate of drug-likeness (QED) is 0.731. The lowest BCUT2D eigenvalue weighted by atomic mass is 10.0. The summed E-state index contributed by atoms with van der Waals surface area (Å²) < 4.78 is 21.3. The molecule has 7 heteroatoms. The third kappa shape index (κ3) is 3.88. The van der Waals surface area contributed by atoms with Gasteiger partial charge in [-0.3, -0.25) is 4.52 Å². The first-order chi connectivity index (χ1) is 9.28. The van der Waals surface area contributed by atoms with Gasteiger partial charge in [0.05, 0.1) is 12.7 Å². The SMILES string of the molecule is Cc1cc(C)cc([C@H]2C[C@H](OP(=O)(O)O)[C@@H](CO)O2)c1. The summed E-state index contributed by atoms with van der Waals surface area (Å²) in [6.07, 6.45) is -1.57. The number of ether oxygens (including phenoxy) is 1. The second-order valence-electron chi connectivity index (χ2n) is 5.14. The van der Waals surface area contributed by atoms with Crippen LogP contribution in [0.25, 0.3) is 0 Å². The molecule has 1 aromatic carbocycles. The van der Waals surface area contributed by atoms with Crippen LogP contribution in [0, 0.1) is 13.8 Å². The first-order valence-corrected chi connectivity index (χ1v) is 7.90. The normalized spacial score (nSPS) is 26.9. The number of hydrogen-bond acceptors (Lipinski definition) is 4. The number of aryl methyl sites for hydroxylation is 2. The van der Waals surface area contributed by atoms with Crippen LogP contribution in [0.3, 0.4) is 0 Å². The monoisotopic (exact) mass is 302 g/mol. The van der Waals surface area contributed by atoms with Crippen molar-refractivity contribution in [2.24, 2.45) is 0 Å². The van der Waals surface area contributed by atoms with E-state index in [2.05, 4.69) is 0 Å². The molecular weight excluding hydrogens is 283 g/mol. The standard InChI is InChI=1S/C13H19O6P/c1-8-3-9(2)5-10(4-8)11-6-12(13(7-14)18-11)19-20(15,16)17/h3-5,11-14H,6-7H2,1-2H3,(H2,15,16,17)/t11-,12+,13-/m1/s1. The summed E-state index contributed by atoms with van der Waals surface area (Å²) >= 11 is 0. The van der Waals surface area contributed by atoms with Crippen LogP contribution in [0.5, 0.6) is 0 Å². The number of benzene rings is 1. The summed E-state index contributed by atoms with van der Waals surface area (Å²) in [5.41, 5.74) is 3.10. The molecule has 0 saturated carbocycles. The minimum atomic E-state index is -4.59. The molecule has 0 unspecified atom stereocenters. The van der Waals surface area contributed by atoms with Crippen molar-refractivity contribution in [3.8, 4) is 0 Å².